The summed E-state index contributed by atoms with van der Waals surface area (Å²) in [5.74, 6) is 0. The SMILES string of the molecule is C=CCN(C)CCCCCCCCCCCCCCCCCC.Cl. The van der Waals surface area contributed by atoms with E-state index in [0.717, 1.165) is 6.54 Å². The maximum absolute atomic E-state index is 3.78. The molecule has 0 aliphatic carbocycles. The normalized spacial score (nSPS) is 10.8. The summed E-state index contributed by atoms with van der Waals surface area (Å²) < 4.78 is 0. The number of nitrogens with zero attached hydrogens (tertiary/aromatic N) is 1. The Kier molecular flexibility index (Phi) is 25.1. The molecule has 0 rings (SSSR count). The Morgan fingerprint density at radius 3 is 1.29 bits per heavy atom. The molecule has 146 valence electrons. The summed E-state index contributed by atoms with van der Waals surface area (Å²) in [5.41, 5.74) is 0. The highest BCUT2D eigenvalue weighted by Crippen LogP contribution is 2.13. The number of halogens is 1. The molecule has 2 heteroatoms. The molecule has 0 heterocycles. The van der Waals surface area contributed by atoms with Crippen molar-refractivity contribution in [2.75, 3.05) is 20.1 Å². The van der Waals surface area contributed by atoms with E-state index in [-0.39, 0.29) is 12.4 Å². The highest BCUT2D eigenvalue weighted by Gasteiger charge is 1.96. The fourth-order valence-corrected chi connectivity index (χ4v) is 3.24. The molecule has 0 aliphatic heterocycles. The van der Waals surface area contributed by atoms with E-state index in [9.17, 15) is 0 Å². The minimum atomic E-state index is 0. The van der Waals surface area contributed by atoms with E-state index in [1.54, 1.807) is 0 Å². The highest BCUT2D eigenvalue weighted by molar-refractivity contribution is 5.85. The van der Waals surface area contributed by atoms with E-state index in [4.69, 9.17) is 0 Å². The van der Waals surface area contributed by atoms with Gasteiger partial charge in [0.25, 0.3) is 0 Å². The van der Waals surface area contributed by atoms with Gasteiger partial charge >= 0.3 is 0 Å². The lowest BCUT2D eigenvalue weighted by Crippen LogP contribution is -2.19. The molecule has 1 nitrogen and oxygen atoms in total. The van der Waals surface area contributed by atoms with Gasteiger partial charge in [0, 0.05) is 6.54 Å². The van der Waals surface area contributed by atoms with E-state index in [2.05, 4.69) is 25.5 Å². The molecule has 24 heavy (non-hydrogen) atoms. The quantitative estimate of drug-likeness (QED) is 0.168. The summed E-state index contributed by atoms with van der Waals surface area (Å²) in [6, 6.07) is 0. The lowest BCUT2D eigenvalue weighted by atomic mass is 10.0. The van der Waals surface area contributed by atoms with Crippen LogP contribution in [0.25, 0.3) is 0 Å². The molecule has 0 saturated heterocycles. The Balaban J connectivity index is 0. The Morgan fingerprint density at radius 1 is 0.625 bits per heavy atom. The average molecular weight is 360 g/mol. The van der Waals surface area contributed by atoms with Gasteiger partial charge in [0.05, 0.1) is 0 Å². The molecule has 0 unspecified atom stereocenters. The van der Waals surface area contributed by atoms with Crippen LogP contribution in [-0.2, 0) is 0 Å². The van der Waals surface area contributed by atoms with E-state index in [1.165, 1.54) is 109 Å². The molecule has 0 fully saturated rings. The Bertz CT molecular complexity index is 230. The van der Waals surface area contributed by atoms with Gasteiger partial charge in [-0.15, -0.1) is 19.0 Å². The Labute approximate surface area is 160 Å². The fraction of sp³-hybridized carbons (Fsp3) is 0.909. The van der Waals surface area contributed by atoms with Crippen molar-refractivity contribution in [3.05, 3.63) is 12.7 Å². The van der Waals surface area contributed by atoms with Crippen LogP contribution in [0, 0.1) is 0 Å². The van der Waals surface area contributed by atoms with Crippen LogP contribution in [0.2, 0.25) is 0 Å². The van der Waals surface area contributed by atoms with Crippen molar-refractivity contribution in [3.63, 3.8) is 0 Å². The third-order valence-corrected chi connectivity index (χ3v) is 4.83. The zero-order valence-corrected chi connectivity index (χ0v) is 17.7. The molecule has 0 aromatic rings. The first-order chi connectivity index (χ1) is 11.3. The van der Waals surface area contributed by atoms with Crippen LogP contribution in [-0.4, -0.2) is 25.0 Å². The summed E-state index contributed by atoms with van der Waals surface area (Å²) >= 11 is 0. The summed E-state index contributed by atoms with van der Waals surface area (Å²) in [6.45, 7) is 8.33. The first kappa shape index (κ1) is 26.2. The molecular weight excluding hydrogens is 314 g/mol. The number of rotatable bonds is 19. The first-order valence-corrected chi connectivity index (χ1v) is 10.6. The largest absolute Gasteiger partial charge is 0.303 e. The van der Waals surface area contributed by atoms with Gasteiger partial charge in [-0.2, -0.15) is 0 Å². The average Bonchev–Trinajstić information content (AvgIpc) is 2.54. The molecule has 0 spiro atoms. The van der Waals surface area contributed by atoms with Crippen LogP contribution in [0.5, 0.6) is 0 Å². The van der Waals surface area contributed by atoms with Crippen molar-refractivity contribution < 1.29 is 0 Å². The maximum Gasteiger partial charge on any atom is 0.0157 e. The van der Waals surface area contributed by atoms with Crippen LogP contribution in [0.1, 0.15) is 110 Å². The summed E-state index contributed by atoms with van der Waals surface area (Å²) in [4.78, 5) is 2.36. The topological polar surface area (TPSA) is 3.24 Å². The molecule has 0 aromatic heterocycles. The minimum Gasteiger partial charge on any atom is -0.303 e. The van der Waals surface area contributed by atoms with Crippen molar-refractivity contribution in [3.8, 4) is 0 Å². The number of likely N-dealkylation sites (N-methyl/N-ethyl adjacent to an activating group) is 1. The summed E-state index contributed by atoms with van der Waals surface area (Å²) in [5, 5.41) is 0. The lowest BCUT2D eigenvalue weighted by molar-refractivity contribution is 0.356. The molecule has 0 bridgehead atoms. The molecule has 0 saturated carbocycles. The van der Waals surface area contributed by atoms with Crippen LogP contribution in [0.3, 0.4) is 0 Å². The zero-order chi connectivity index (χ0) is 17.0. The van der Waals surface area contributed by atoms with Gasteiger partial charge in [-0.25, -0.2) is 0 Å². The number of unbranched alkanes of at least 4 members (excludes halogenated alkanes) is 15. The van der Waals surface area contributed by atoms with Crippen molar-refractivity contribution in [1.29, 1.82) is 0 Å². The van der Waals surface area contributed by atoms with Gasteiger partial charge in [-0.05, 0) is 20.0 Å². The van der Waals surface area contributed by atoms with Crippen molar-refractivity contribution in [2.45, 2.75) is 110 Å². The molecule has 0 aliphatic rings. The zero-order valence-electron chi connectivity index (χ0n) is 16.9. The monoisotopic (exact) mass is 359 g/mol. The molecule has 0 N–H and O–H groups in total. The van der Waals surface area contributed by atoms with E-state index in [0.29, 0.717) is 0 Å². The minimum absolute atomic E-state index is 0. The van der Waals surface area contributed by atoms with Gasteiger partial charge in [-0.3, -0.25) is 0 Å². The molecule has 0 radical (unpaired) electrons. The summed E-state index contributed by atoms with van der Waals surface area (Å²) in [6.07, 6.45) is 25.1. The molecule has 0 amide bonds. The van der Waals surface area contributed by atoms with Gasteiger partial charge in [0.2, 0.25) is 0 Å². The third kappa shape index (κ3) is 22.0. The van der Waals surface area contributed by atoms with Gasteiger partial charge in [-0.1, -0.05) is 109 Å². The van der Waals surface area contributed by atoms with Crippen molar-refractivity contribution >= 4 is 12.4 Å². The van der Waals surface area contributed by atoms with Gasteiger partial charge in [0.1, 0.15) is 0 Å². The Morgan fingerprint density at radius 2 is 0.958 bits per heavy atom. The summed E-state index contributed by atoms with van der Waals surface area (Å²) in [7, 11) is 2.19. The second kappa shape index (κ2) is 23.0. The first-order valence-electron chi connectivity index (χ1n) is 10.6. The highest BCUT2D eigenvalue weighted by atomic mass is 35.5. The second-order valence-corrected chi connectivity index (χ2v) is 7.35. The van der Waals surface area contributed by atoms with E-state index < -0.39 is 0 Å². The predicted octanol–water partition coefficient (Wildman–Crippen LogP) is 7.79. The standard InChI is InChI=1S/C22H45N.ClH/c1-4-6-7-8-9-10-11-12-13-14-15-16-17-18-19-20-22-23(3)21-5-2;/h5H,2,4,6-22H2,1,3H3;1H. The number of hydrogen-bond acceptors (Lipinski definition) is 1. The smallest absolute Gasteiger partial charge is 0.0157 e. The van der Waals surface area contributed by atoms with Crippen molar-refractivity contribution in [1.82, 2.24) is 4.90 Å². The van der Waals surface area contributed by atoms with E-state index >= 15 is 0 Å². The van der Waals surface area contributed by atoms with Crippen LogP contribution >= 0.6 is 12.4 Å². The van der Waals surface area contributed by atoms with Crippen LogP contribution in [0.15, 0.2) is 12.7 Å². The lowest BCUT2D eigenvalue weighted by Gasteiger charge is -2.13. The molecule has 0 atom stereocenters. The van der Waals surface area contributed by atoms with Crippen LogP contribution < -0.4 is 0 Å². The Hall–Kier alpha value is -0.0100. The van der Waals surface area contributed by atoms with Crippen molar-refractivity contribution in [2.24, 2.45) is 0 Å². The second-order valence-electron chi connectivity index (χ2n) is 7.35. The van der Waals surface area contributed by atoms with Gasteiger partial charge < -0.3 is 4.90 Å². The maximum atomic E-state index is 3.78. The molecular formula is C22H46ClN. The fourth-order valence-electron chi connectivity index (χ4n) is 3.24. The third-order valence-electron chi connectivity index (χ3n) is 4.83. The van der Waals surface area contributed by atoms with E-state index in [1.807, 2.05) is 6.08 Å². The van der Waals surface area contributed by atoms with Gasteiger partial charge in [0.15, 0.2) is 0 Å². The number of hydrogen-bond donors (Lipinski definition) is 0. The molecule has 0 aromatic carbocycles. The van der Waals surface area contributed by atoms with Crippen LogP contribution in [0.4, 0.5) is 0 Å². The predicted molar refractivity (Wildman–Crippen MR) is 114 cm³/mol.